The molecule has 94 valence electrons. The highest BCUT2D eigenvalue weighted by atomic mass is 32.2. The van der Waals surface area contributed by atoms with Crippen LogP contribution in [0.2, 0.25) is 0 Å². The van der Waals surface area contributed by atoms with Crippen LogP contribution in [0.5, 0.6) is 0 Å². The van der Waals surface area contributed by atoms with Gasteiger partial charge in [-0.05, 0) is 0 Å². The lowest BCUT2D eigenvalue weighted by Gasteiger charge is -2.10. The highest BCUT2D eigenvalue weighted by molar-refractivity contribution is 7.87. The van der Waals surface area contributed by atoms with Crippen LogP contribution >= 0.6 is 0 Å². The van der Waals surface area contributed by atoms with Gasteiger partial charge in [-0.1, -0.05) is 12.7 Å². The molecule has 0 fully saturated rings. The Morgan fingerprint density at radius 1 is 1.50 bits per heavy atom. The Morgan fingerprint density at radius 2 is 2.00 bits per heavy atom. The zero-order chi connectivity index (χ0) is 12.1. The number of hydrogen-bond donors (Lipinski definition) is 3. The van der Waals surface area contributed by atoms with E-state index < -0.39 is 33.7 Å². The minimum absolute atomic E-state index is 0. The first-order chi connectivity index (χ1) is 6.79. The van der Waals surface area contributed by atoms with Crippen molar-refractivity contribution in [3.8, 4) is 0 Å². The van der Waals surface area contributed by atoms with Crippen LogP contribution in [-0.4, -0.2) is 36.7 Å². The number of primary amides is 1. The second-order valence-corrected chi connectivity index (χ2v) is 4.19. The molecule has 0 saturated carbocycles. The van der Waals surface area contributed by atoms with Gasteiger partial charge in [-0.25, -0.2) is 0 Å². The largest absolute Gasteiger partial charge is 0.460 e. The maximum absolute atomic E-state index is 11.1. The molecule has 0 aliphatic carbocycles. The fraction of sp³-hybridized carbons (Fsp3) is 0.429. The summed E-state index contributed by atoms with van der Waals surface area (Å²) < 4.78 is 34.4. The minimum atomic E-state index is -4.70. The first-order valence-electron chi connectivity index (χ1n) is 3.81. The molecule has 1 atom stereocenters. The van der Waals surface area contributed by atoms with Crippen molar-refractivity contribution < 1.29 is 27.3 Å². The molecule has 16 heavy (non-hydrogen) atoms. The molecule has 0 saturated heterocycles. The SMILES string of the molecule is C=CCOC(=O)C(CC(N)=O)S(=O)(=O)O.N. The number of ether oxygens (including phenoxy) is 1. The first-order valence-corrected chi connectivity index (χ1v) is 5.31. The fourth-order valence-electron chi connectivity index (χ4n) is 0.727. The molecule has 6 N–H and O–H groups in total. The molecular weight excluding hydrogens is 240 g/mol. The lowest BCUT2D eigenvalue weighted by molar-refractivity contribution is -0.143. The Bertz CT molecular complexity index is 363. The molecule has 0 aromatic rings. The highest BCUT2D eigenvalue weighted by Crippen LogP contribution is 2.06. The van der Waals surface area contributed by atoms with Crippen molar-refractivity contribution in [3.05, 3.63) is 12.7 Å². The van der Waals surface area contributed by atoms with Crippen LogP contribution in [0.3, 0.4) is 0 Å². The van der Waals surface area contributed by atoms with Crippen molar-refractivity contribution in [3.63, 3.8) is 0 Å². The third-order valence-electron chi connectivity index (χ3n) is 1.35. The van der Waals surface area contributed by atoms with Crippen LogP contribution < -0.4 is 11.9 Å². The summed E-state index contributed by atoms with van der Waals surface area (Å²) >= 11 is 0. The average molecular weight is 254 g/mol. The molecule has 0 rings (SSSR count). The van der Waals surface area contributed by atoms with E-state index in [0.29, 0.717) is 0 Å². The molecule has 0 aliphatic rings. The van der Waals surface area contributed by atoms with Crippen LogP contribution in [-0.2, 0) is 24.4 Å². The van der Waals surface area contributed by atoms with Crippen molar-refractivity contribution in [2.75, 3.05) is 6.61 Å². The molecule has 0 heterocycles. The van der Waals surface area contributed by atoms with Crippen molar-refractivity contribution in [1.29, 1.82) is 0 Å². The van der Waals surface area contributed by atoms with Crippen molar-refractivity contribution in [1.82, 2.24) is 6.15 Å². The smallest absolute Gasteiger partial charge is 0.327 e. The third kappa shape index (κ3) is 6.11. The number of esters is 1. The number of amides is 1. The molecule has 0 aliphatic heterocycles. The zero-order valence-corrected chi connectivity index (χ0v) is 9.27. The van der Waals surface area contributed by atoms with Crippen LogP contribution in [0, 0.1) is 0 Å². The predicted octanol–water partition coefficient (Wildman–Crippen LogP) is -0.991. The zero-order valence-electron chi connectivity index (χ0n) is 8.46. The number of rotatable bonds is 6. The molecule has 0 bridgehead atoms. The van der Waals surface area contributed by atoms with Crippen molar-refractivity contribution >= 4 is 22.0 Å². The van der Waals surface area contributed by atoms with Gasteiger partial charge in [0.15, 0.2) is 5.25 Å². The number of nitrogens with two attached hydrogens (primary N) is 1. The van der Waals surface area contributed by atoms with Gasteiger partial charge in [0.2, 0.25) is 5.91 Å². The van der Waals surface area contributed by atoms with Crippen molar-refractivity contribution in [2.24, 2.45) is 5.73 Å². The summed E-state index contributed by atoms with van der Waals surface area (Å²) in [5.41, 5.74) is 4.71. The summed E-state index contributed by atoms with van der Waals surface area (Å²) in [4.78, 5) is 21.5. The van der Waals surface area contributed by atoms with E-state index in [1.54, 1.807) is 0 Å². The summed E-state index contributed by atoms with van der Waals surface area (Å²) in [6, 6.07) is 0. The summed E-state index contributed by atoms with van der Waals surface area (Å²) in [7, 11) is -4.70. The topological polar surface area (TPSA) is 159 Å². The monoisotopic (exact) mass is 254 g/mol. The Labute approximate surface area is 92.8 Å². The van der Waals surface area contributed by atoms with Gasteiger partial charge in [-0.3, -0.25) is 14.1 Å². The van der Waals surface area contributed by atoms with Gasteiger partial charge in [0.1, 0.15) is 6.61 Å². The first kappa shape index (κ1) is 17.0. The lowest BCUT2D eigenvalue weighted by Crippen LogP contribution is -2.35. The Morgan fingerprint density at radius 3 is 2.31 bits per heavy atom. The van der Waals surface area contributed by atoms with Crippen LogP contribution in [0.25, 0.3) is 0 Å². The van der Waals surface area contributed by atoms with E-state index >= 15 is 0 Å². The molecule has 8 nitrogen and oxygen atoms in total. The molecular formula is C7H14N2O6S. The van der Waals surface area contributed by atoms with Gasteiger partial charge < -0.3 is 16.6 Å². The van der Waals surface area contributed by atoms with Crippen LogP contribution in [0.15, 0.2) is 12.7 Å². The second kappa shape index (κ2) is 6.93. The molecule has 9 heteroatoms. The molecule has 0 spiro atoms. The van der Waals surface area contributed by atoms with Crippen LogP contribution in [0.4, 0.5) is 0 Å². The molecule has 1 amide bonds. The highest BCUT2D eigenvalue weighted by Gasteiger charge is 2.34. The fourth-order valence-corrected chi connectivity index (χ4v) is 1.41. The Balaban J connectivity index is 0. The van der Waals surface area contributed by atoms with Gasteiger partial charge >= 0.3 is 5.97 Å². The third-order valence-corrected chi connectivity index (χ3v) is 2.43. The second-order valence-electron chi connectivity index (χ2n) is 2.59. The summed E-state index contributed by atoms with van der Waals surface area (Å²) in [5.74, 6) is -2.27. The Kier molecular flexibility index (Phi) is 7.35. The van der Waals surface area contributed by atoms with E-state index in [4.69, 9.17) is 10.3 Å². The van der Waals surface area contributed by atoms with Crippen molar-refractivity contribution in [2.45, 2.75) is 11.7 Å². The quantitative estimate of drug-likeness (QED) is 0.311. The van der Waals surface area contributed by atoms with Crippen LogP contribution in [0.1, 0.15) is 6.42 Å². The van der Waals surface area contributed by atoms with E-state index in [1.807, 2.05) is 0 Å². The predicted molar refractivity (Wildman–Crippen MR) is 55.3 cm³/mol. The van der Waals surface area contributed by atoms with Gasteiger partial charge in [-0.15, -0.1) is 0 Å². The Hall–Kier alpha value is -1.45. The number of carbonyl (C=O) groups is 2. The van der Waals surface area contributed by atoms with E-state index in [9.17, 15) is 18.0 Å². The van der Waals surface area contributed by atoms with Gasteiger partial charge in [0, 0.05) is 0 Å². The summed E-state index contributed by atoms with van der Waals surface area (Å²) in [5, 5.41) is -1.98. The van der Waals surface area contributed by atoms with Gasteiger partial charge in [0.25, 0.3) is 10.1 Å². The van der Waals surface area contributed by atoms with E-state index in [0.717, 1.165) is 0 Å². The number of carbonyl (C=O) groups excluding carboxylic acids is 2. The van der Waals surface area contributed by atoms with E-state index in [-0.39, 0.29) is 12.8 Å². The number of hydrogen-bond acceptors (Lipinski definition) is 6. The molecule has 0 radical (unpaired) electrons. The molecule has 1 unspecified atom stereocenters. The minimum Gasteiger partial charge on any atom is -0.460 e. The van der Waals surface area contributed by atoms with Gasteiger partial charge in [0.05, 0.1) is 6.42 Å². The average Bonchev–Trinajstić information content (AvgIpc) is 2.08. The molecule has 0 aromatic carbocycles. The summed E-state index contributed by atoms with van der Waals surface area (Å²) in [6.07, 6.45) is 0.387. The van der Waals surface area contributed by atoms with E-state index in [2.05, 4.69) is 11.3 Å². The standard InChI is InChI=1S/C7H11NO6S.H3N/c1-2-3-14-7(10)5(4-6(8)9)15(11,12)13;/h2,5H,1,3-4H2,(H2,8,9)(H,11,12,13);1H3. The van der Waals surface area contributed by atoms with E-state index in [1.165, 1.54) is 6.08 Å². The molecule has 0 aromatic heterocycles. The maximum Gasteiger partial charge on any atom is 0.327 e. The normalized spacial score (nSPS) is 12.1. The maximum atomic E-state index is 11.1. The van der Waals surface area contributed by atoms with Gasteiger partial charge in [-0.2, -0.15) is 8.42 Å². The summed E-state index contributed by atoms with van der Waals surface area (Å²) in [6.45, 7) is 3.02. The lowest BCUT2D eigenvalue weighted by atomic mass is 10.3.